The van der Waals surface area contributed by atoms with Gasteiger partial charge in [-0.15, -0.1) is 0 Å². The smallest absolute Gasteiger partial charge is 0.193 e. The molecule has 1 saturated carbocycles. The van der Waals surface area contributed by atoms with Crippen LogP contribution in [0.5, 0.6) is 5.75 Å². The van der Waals surface area contributed by atoms with E-state index in [2.05, 4.69) is 15.0 Å². The van der Waals surface area contributed by atoms with Crippen LogP contribution in [0.15, 0.2) is 36.5 Å². The van der Waals surface area contributed by atoms with Gasteiger partial charge in [0.15, 0.2) is 11.6 Å². The lowest BCUT2D eigenvalue weighted by molar-refractivity contribution is 0.181. The number of alkyl halides is 1. The third kappa shape index (κ3) is 4.20. The zero-order valence-corrected chi connectivity index (χ0v) is 18.4. The predicted molar refractivity (Wildman–Crippen MR) is 124 cm³/mol. The van der Waals surface area contributed by atoms with Gasteiger partial charge in [0.05, 0.1) is 16.7 Å². The molecule has 9 heteroatoms. The number of rotatable bonds is 2. The maximum Gasteiger partial charge on any atom is 0.193 e. The molecular formula is C24H26F2N6O. The molecule has 0 amide bonds. The highest BCUT2D eigenvalue weighted by atomic mass is 19.1. The molecule has 6 rings (SSSR count). The Bertz CT molecular complexity index is 1310. The van der Waals surface area contributed by atoms with E-state index in [1.165, 1.54) is 17.5 Å². The zero-order valence-electron chi connectivity index (χ0n) is 18.4. The van der Waals surface area contributed by atoms with Gasteiger partial charge in [0.1, 0.15) is 17.5 Å². The van der Waals surface area contributed by atoms with Gasteiger partial charge in [0, 0.05) is 43.3 Å². The van der Waals surface area contributed by atoms with Gasteiger partial charge in [0.25, 0.3) is 0 Å². The number of halogens is 2. The quantitative estimate of drug-likeness (QED) is 0.476. The molecule has 0 atom stereocenters. The van der Waals surface area contributed by atoms with E-state index in [0.29, 0.717) is 35.0 Å². The second-order valence-electron chi connectivity index (χ2n) is 8.75. The van der Waals surface area contributed by atoms with Crippen molar-refractivity contribution in [3.63, 3.8) is 0 Å². The fourth-order valence-corrected chi connectivity index (χ4v) is 4.29. The average Bonchev–Trinajstić information content (AvgIpc) is 3.45. The number of hydrogen-bond donors (Lipinski definition) is 2. The Morgan fingerprint density at radius 3 is 2.42 bits per heavy atom. The zero-order chi connectivity index (χ0) is 23.1. The number of pyridine rings is 2. The second kappa shape index (κ2) is 8.55. The number of aryl methyl sites for hydroxylation is 1. The number of phenolic OH excluding ortho intramolecular Hbond substituents is 1. The van der Waals surface area contributed by atoms with Gasteiger partial charge in [-0.2, -0.15) is 5.10 Å². The first kappa shape index (κ1) is 21.5. The Labute approximate surface area is 189 Å². The molecule has 4 aromatic rings. The van der Waals surface area contributed by atoms with E-state index in [0.717, 1.165) is 24.4 Å². The average molecular weight is 453 g/mol. The summed E-state index contributed by atoms with van der Waals surface area (Å²) in [7, 11) is 1.72. The Balaban J connectivity index is 0.000000332. The molecule has 1 aliphatic carbocycles. The van der Waals surface area contributed by atoms with Crippen LogP contribution in [-0.2, 0) is 7.05 Å². The molecule has 1 aromatic carbocycles. The lowest BCUT2D eigenvalue weighted by atomic mass is 9.92. The molecule has 2 fully saturated rings. The molecule has 3 N–H and O–H groups in total. The van der Waals surface area contributed by atoms with Crippen LogP contribution < -0.4 is 10.6 Å². The number of fused-ring (bicyclic) bond motifs is 2. The van der Waals surface area contributed by atoms with E-state index in [-0.39, 0.29) is 11.6 Å². The molecule has 2 aliphatic rings. The van der Waals surface area contributed by atoms with Gasteiger partial charge >= 0.3 is 0 Å². The molecular weight excluding hydrogens is 426 g/mol. The van der Waals surface area contributed by atoms with Crippen LogP contribution in [-0.4, -0.2) is 50.2 Å². The molecule has 1 aliphatic heterocycles. The molecule has 7 nitrogen and oxygen atoms in total. The van der Waals surface area contributed by atoms with Gasteiger partial charge in [-0.25, -0.2) is 18.7 Å². The van der Waals surface area contributed by atoms with Crippen molar-refractivity contribution in [1.82, 2.24) is 19.7 Å². The largest absolute Gasteiger partial charge is 0.504 e. The van der Waals surface area contributed by atoms with E-state index in [9.17, 15) is 13.9 Å². The van der Waals surface area contributed by atoms with E-state index in [1.807, 2.05) is 18.2 Å². The van der Waals surface area contributed by atoms with E-state index in [4.69, 9.17) is 10.7 Å². The standard InChI is InChI=1S/C20H18FN5O.C4H8FN/c1-25-11-12-10-13(20(27)18(21)19(12)24-25)14-4-5-16-15(22-14)6-7-17(23-16)26-8-2-3-9-26;5-3-1-4(6)2-3/h4-7,10-11,27H,2-3,8-9H2,1H3;3-4H,1-2,6H2. The van der Waals surface area contributed by atoms with Gasteiger partial charge in [-0.05, 0) is 56.0 Å². The second-order valence-corrected chi connectivity index (χ2v) is 8.75. The Morgan fingerprint density at radius 2 is 1.76 bits per heavy atom. The van der Waals surface area contributed by atoms with Crippen molar-refractivity contribution in [2.24, 2.45) is 12.8 Å². The van der Waals surface area contributed by atoms with Crippen molar-refractivity contribution >= 4 is 27.8 Å². The Hall–Kier alpha value is -3.33. The highest BCUT2D eigenvalue weighted by Crippen LogP contribution is 2.36. The van der Waals surface area contributed by atoms with Crippen molar-refractivity contribution in [3.05, 3.63) is 42.3 Å². The van der Waals surface area contributed by atoms with Crippen molar-refractivity contribution in [2.45, 2.75) is 37.9 Å². The van der Waals surface area contributed by atoms with Gasteiger partial charge in [-0.3, -0.25) is 4.68 Å². The molecule has 33 heavy (non-hydrogen) atoms. The molecule has 0 radical (unpaired) electrons. The number of aromatic hydroxyl groups is 1. The summed E-state index contributed by atoms with van der Waals surface area (Å²) in [6, 6.07) is 9.40. The maximum absolute atomic E-state index is 14.5. The summed E-state index contributed by atoms with van der Waals surface area (Å²) in [6.07, 6.45) is 4.68. The van der Waals surface area contributed by atoms with Crippen LogP contribution in [0.2, 0.25) is 0 Å². The fraction of sp³-hybridized carbons (Fsp3) is 0.375. The lowest BCUT2D eigenvalue weighted by Gasteiger charge is -2.24. The summed E-state index contributed by atoms with van der Waals surface area (Å²) < 4.78 is 27.7. The van der Waals surface area contributed by atoms with Crippen molar-refractivity contribution < 1.29 is 13.9 Å². The van der Waals surface area contributed by atoms with E-state index in [1.54, 1.807) is 25.4 Å². The van der Waals surface area contributed by atoms with Crippen molar-refractivity contribution in [3.8, 4) is 17.0 Å². The first-order valence-corrected chi connectivity index (χ1v) is 11.2. The minimum absolute atomic E-state index is 0.150. The summed E-state index contributed by atoms with van der Waals surface area (Å²) in [6.45, 7) is 2.06. The van der Waals surface area contributed by atoms with E-state index < -0.39 is 17.7 Å². The molecule has 0 unspecified atom stereocenters. The van der Waals surface area contributed by atoms with Crippen molar-refractivity contribution in [1.29, 1.82) is 0 Å². The molecule has 0 bridgehead atoms. The summed E-state index contributed by atoms with van der Waals surface area (Å²) in [4.78, 5) is 11.6. The van der Waals surface area contributed by atoms with Crippen LogP contribution >= 0.6 is 0 Å². The number of hydrogen-bond acceptors (Lipinski definition) is 6. The van der Waals surface area contributed by atoms with Crippen LogP contribution in [0.25, 0.3) is 33.2 Å². The first-order chi connectivity index (χ1) is 15.9. The molecule has 3 aromatic heterocycles. The number of anilines is 1. The normalized spacial score (nSPS) is 20.1. The first-order valence-electron chi connectivity index (χ1n) is 11.2. The van der Waals surface area contributed by atoms with Gasteiger partial charge in [0.2, 0.25) is 0 Å². The minimum Gasteiger partial charge on any atom is -0.504 e. The lowest BCUT2D eigenvalue weighted by Crippen LogP contribution is -2.37. The van der Waals surface area contributed by atoms with Gasteiger partial charge < -0.3 is 15.7 Å². The maximum atomic E-state index is 14.5. The highest BCUT2D eigenvalue weighted by Gasteiger charge is 2.24. The molecule has 4 heterocycles. The topological polar surface area (TPSA) is 93.1 Å². The van der Waals surface area contributed by atoms with Crippen LogP contribution in [0.3, 0.4) is 0 Å². The molecule has 0 spiro atoms. The van der Waals surface area contributed by atoms with Crippen LogP contribution in [0.4, 0.5) is 14.6 Å². The minimum atomic E-state index is -0.729. The molecule has 1 saturated heterocycles. The van der Waals surface area contributed by atoms with Crippen LogP contribution in [0, 0.1) is 5.82 Å². The third-order valence-corrected chi connectivity index (χ3v) is 6.18. The monoisotopic (exact) mass is 452 g/mol. The van der Waals surface area contributed by atoms with Gasteiger partial charge in [-0.1, -0.05) is 0 Å². The number of benzene rings is 1. The number of nitrogens with two attached hydrogens (primary N) is 1. The SMILES string of the molecule is Cn1cc2cc(-c3ccc4nc(N5CCCC5)ccc4n3)c(O)c(F)c2n1.NC1CC(F)C1. The predicted octanol–water partition coefficient (Wildman–Crippen LogP) is 4.07. The highest BCUT2D eigenvalue weighted by molar-refractivity contribution is 5.89. The number of aromatic nitrogens is 4. The Morgan fingerprint density at radius 1 is 1.06 bits per heavy atom. The summed E-state index contributed by atoms with van der Waals surface area (Å²) >= 11 is 0. The summed E-state index contributed by atoms with van der Waals surface area (Å²) in [5, 5.41) is 15.0. The third-order valence-electron chi connectivity index (χ3n) is 6.18. The summed E-state index contributed by atoms with van der Waals surface area (Å²) in [5.74, 6) is -0.206. The fourth-order valence-electron chi connectivity index (χ4n) is 4.29. The van der Waals surface area contributed by atoms with Crippen molar-refractivity contribution in [2.75, 3.05) is 18.0 Å². The Kier molecular flexibility index (Phi) is 5.57. The number of phenols is 1. The van der Waals surface area contributed by atoms with Crippen LogP contribution in [0.1, 0.15) is 25.7 Å². The molecule has 172 valence electrons. The van der Waals surface area contributed by atoms with E-state index >= 15 is 0 Å². The number of nitrogens with zero attached hydrogens (tertiary/aromatic N) is 5. The summed E-state index contributed by atoms with van der Waals surface area (Å²) in [5.41, 5.74) is 7.72.